The van der Waals surface area contributed by atoms with Gasteiger partial charge in [-0.25, -0.2) is 0 Å². The zero-order valence-corrected chi connectivity index (χ0v) is 10.9. The molecule has 0 aromatic heterocycles. The van der Waals surface area contributed by atoms with Crippen LogP contribution in [-0.4, -0.2) is 0 Å². The topological polar surface area (TPSA) is 27.7 Å². The van der Waals surface area contributed by atoms with E-state index in [0.717, 1.165) is 0 Å². The van der Waals surface area contributed by atoms with Crippen molar-refractivity contribution in [1.29, 1.82) is 0 Å². The van der Waals surface area contributed by atoms with Crippen molar-refractivity contribution in [2.24, 2.45) is 0 Å². The van der Waals surface area contributed by atoms with Gasteiger partial charge in [-0.15, -0.1) is 0 Å². The van der Waals surface area contributed by atoms with Crippen LogP contribution in [0.25, 0.3) is 0 Å². The Morgan fingerprint density at radius 2 is 1.05 bits per heavy atom. The van der Waals surface area contributed by atoms with Crippen molar-refractivity contribution in [2.75, 3.05) is 0 Å². The summed E-state index contributed by atoms with van der Waals surface area (Å²) in [6.07, 6.45) is 1.25. The van der Waals surface area contributed by atoms with Gasteiger partial charge in [0.05, 0.1) is 0 Å². The molecule has 0 aliphatic carbocycles. The highest BCUT2D eigenvalue weighted by Gasteiger charge is 2.00. The van der Waals surface area contributed by atoms with Crippen molar-refractivity contribution in [3.05, 3.63) is 85.2 Å². The fourth-order valence-electron chi connectivity index (χ4n) is 1.39. The van der Waals surface area contributed by atoms with Crippen molar-refractivity contribution >= 4 is 0 Å². The van der Waals surface area contributed by atoms with Gasteiger partial charge in [0.25, 0.3) is 0 Å². The lowest BCUT2D eigenvalue weighted by molar-refractivity contribution is 0.237. The lowest BCUT2D eigenvalue weighted by Gasteiger charge is -2.02. The number of rotatable bonds is 6. The highest BCUT2D eigenvalue weighted by molar-refractivity contribution is 5.23. The third kappa shape index (κ3) is 5.36. The molecule has 0 N–H and O–H groups in total. The smallest absolute Gasteiger partial charge is 0.314 e. The first-order chi connectivity index (χ1) is 10.2. The average molecular weight is 290 g/mol. The second-order valence-corrected chi connectivity index (χ2v) is 3.81. The molecule has 0 radical (unpaired) electrons. The minimum atomic E-state index is -1.01. The van der Waals surface area contributed by atoms with E-state index in [1.54, 1.807) is 60.7 Å². The van der Waals surface area contributed by atoms with Crippen LogP contribution in [0, 0.1) is 0 Å². The predicted molar refractivity (Wildman–Crippen MR) is 73.6 cm³/mol. The fraction of sp³-hybridized carbons (Fsp3) is 0. The van der Waals surface area contributed by atoms with Crippen LogP contribution in [0.15, 0.2) is 85.2 Å². The summed E-state index contributed by atoms with van der Waals surface area (Å²) in [6.45, 7) is 0. The summed E-state index contributed by atoms with van der Waals surface area (Å²) in [5.74, 6) is 0.611. The second kappa shape index (κ2) is 7.69. The largest absolute Gasteiger partial charge is 0.460 e. The molecular weight excluding hydrogens is 278 g/mol. The molecule has 3 nitrogen and oxygen atoms in total. The lowest BCUT2D eigenvalue weighted by atomic mass is 10.3. The number of hydrogen-bond donors (Lipinski definition) is 0. The SMILES string of the molecule is FC(=COC=C(F)Oc1ccccc1)Oc1ccccc1. The van der Waals surface area contributed by atoms with E-state index in [9.17, 15) is 8.78 Å². The summed E-state index contributed by atoms with van der Waals surface area (Å²) in [6, 6.07) is 14.6. The van der Waals surface area contributed by atoms with Gasteiger partial charge in [-0.3, -0.25) is 0 Å². The maximum Gasteiger partial charge on any atom is 0.314 e. The highest BCUT2D eigenvalue weighted by atomic mass is 19.1. The first-order valence-electron chi connectivity index (χ1n) is 6.06. The third-order valence-corrected chi connectivity index (χ3v) is 2.24. The molecule has 5 heteroatoms. The van der Waals surface area contributed by atoms with Gasteiger partial charge >= 0.3 is 12.0 Å². The van der Waals surface area contributed by atoms with Gasteiger partial charge in [0.2, 0.25) is 0 Å². The lowest BCUT2D eigenvalue weighted by Crippen LogP contribution is -1.91. The van der Waals surface area contributed by atoms with Gasteiger partial charge in [0.15, 0.2) is 12.5 Å². The Bertz CT molecular complexity index is 554. The normalized spacial score (nSPS) is 11.9. The maximum absolute atomic E-state index is 13.3. The first kappa shape index (κ1) is 14.6. The van der Waals surface area contributed by atoms with Gasteiger partial charge < -0.3 is 14.2 Å². The molecule has 0 aliphatic rings. The van der Waals surface area contributed by atoms with Crippen LogP contribution in [-0.2, 0) is 4.74 Å². The summed E-state index contributed by atoms with van der Waals surface area (Å²) in [4.78, 5) is 0. The molecule has 2 rings (SSSR count). The Morgan fingerprint density at radius 1 is 0.667 bits per heavy atom. The van der Waals surface area contributed by atoms with E-state index in [4.69, 9.17) is 9.47 Å². The standard InChI is InChI=1S/C16H12F2O3/c17-15(20-13-7-3-1-4-8-13)11-19-12-16(18)21-14-9-5-2-6-10-14/h1-12H. The van der Waals surface area contributed by atoms with Crippen molar-refractivity contribution in [2.45, 2.75) is 0 Å². The van der Waals surface area contributed by atoms with E-state index in [1.807, 2.05) is 0 Å². The quantitative estimate of drug-likeness (QED) is 0.722. The average Bonchev–Trinajstić information content (AvgIpc) is 2.49. The highest BCUT2D eigenvalue weighted by Crippen LogP contribution is 2.15. The molecule has 0 spiro atoms. The third-order valence-electron chi connectivity index (χ3n) is 2.24. The Hall–Kier alpha value is -2.82. The van der Waals surface area contributed by atoms with Gasteiger partial charge in [0, 0.05) is 0 Å². The summed E-state index contributed by atoms with van der Waals surface area (Å²) >= 11 is 0. The van der Waals surface area contributed by atoms with E-state index >= 15 is 0 Å². The van der Waals surface area contributed by atoms with E-state index in [1.165, 1.54) is 0 Å². The van der Waals surface area contributed by atoms with Gasteiger partial charge in [-0.2, -0.15) is 8.78 Å². The minimum absolute atomic E-state index is 0.305. The maximum atomic E-state index is 13.3. The van der Waals surface area contributed by atoms with Gasteiger partial charge in [0.1, 0.15) is 11.5 Å². The molecule has 2 aromatic rings. The molecule has 2 aromatic carbocycles. The molecule has 0 heterocycles. The second-order valence-electron chi connectivity index (χ2n) is 3.81. The van der Waals surface area contributed by atoms with E-state index in [2.05, 4.69) is 4.74 Å². The number of halogens is 2. The summed E-state index contributed by atoms with van der Waals surface area (Å²) < 4.78 is 40.7. The summed E-state index contributed by atoms with van der Waals surface area (Å²) in [7, 11) is 0. The molecule has 0 bridgehead atoms. The monoisotopic (exact) mass is 290 g/mol. The molecule has 0 aliphatic heterocycles. The van der Waals surface area contributed by atoms with Gasteiger partial charge in [-0.1, -0.05) is 36.4 Å². The zero-order valence-electron chi connectivity index (χ0n) is 10.9. The Morgan fingerprint density at radius 3 is 1.43 bits per heavy atom. The van der Waals surface area contributed by atoms with Crippen LogP contribution in [0.1, 0.15) is 0 Å². The Balaban J connectivity index is 1.84. The molecule has 0 saturated carbocycles. The van der Waals surface area contributed by atoms with Crippen LogP contribution in [0.2, 0.25) is 0 Å². The predicted octanol–water partition coefficient (Wildman–Crippen LogP) is 4.70. The Kier molecular flexibility index (Phi) is 5.34. The van der Waals surface area contributed by atoms with Crippen molar-refractivity contribution in [1.82, 2.24) is 0 Å². The first-order valence-corrected chi connectivity index (χ1v) is 6.06. The molecular formula is C16H12F2O3. The van der Waals surface area contributed by atoms with Gasteiger partial charge in [-0.05, 0) is 24.3 Å². The van der Waals surface area contributed by atoms with E-state index < -0.39 is 12.0 Å². The molecule has 0 fully saturated rings. The number of hydrogen-bond acceptors (Lipinski definition) is 3. The minimum Gasteiger partial charge on any atom is -0.460 e. The molecule has 0 atom stereocenters. The van der Waals surface area contributed by atoms with Crippen LogP contribution in [0.5, 0.6) is 11.5 Å². The number of para-hydroxylation sites is 2. The number of ether oxygens (including phenoxy) is 3. The Labute approximate surface area is 120 Å². The molecule has 0 saturated heterocycles. The summed E-state index contributed by atoms with van der Waals surface area (Å²) in [5.41, 5.74) is 0. The van der Waals surface area contributed by atoms with Crippen LogP contribution in [0.4, 0.5) is 8.78 Å². The molecule has 108 valence electrons. The molecule has 0 amide bonds. The fourth-order valence-corrected chi connectivity index (χ4v) is 1.39. The van der Waals surface area contributed by atoms with Crippen LogP contribution in [0.3, 0.4) is 0 Å². The van der Waals surface area contributed by atoms with Crippen LogP contribution >= 0.6 is 0 Å². The van der Waals surface area contributed by atoms with Crippen LogP contribution < -0.4 is 9.47 Å². The molecule has 21 heavy (non-hydrogen) atoms. The summed E-state index contributed by atoms with van der Waals surface area (Å²) in [5, 5.41) is 0. The zero-order chi connectivity index (χ0) is 14.9. The number of benzene rings is 2. The van der Waals surface area contributed by atoms with Crippen molar-refractivity contribution < 1.29 is 23.0 Å². The van der Waals surface area contributed by atoms with Crippen molar-refractivity contribution in [3.8, 4) is 11.5 Å². The van der Waals surface area contributed by atoms with E-state index in [0.29, 0.717) is 24.0 Å². The van der Waals surface area contributed by atoms with Crippen molar-refractivity contribution in [3.63, 3.8) is 0 Å². The van der Waals surface area contributed by atoms with E-state index in [-0.39, 0.29) is 0 Å². The molecule has 0 unspecified atom stereocenters.